The number of hydrogen-bond acceptors (Lipinski definition) is 4. The van der Waals surface area contributed by atoms with Crippen molar-refractivity contribution in [2.45, 2.75) is 6.42 Å². The molecule has 4 rings (SSSR count). The van der Waals surface area contributed by atoms with Crippen LogP contribution in [-0.2, 0) is 11.2 Å². The zero-order valence-electron chi connectivity index (χ0n) is 17.3. The molecule has 0 bridgehead atoms. The highest BCUT2D eigenvalue weighted by Crippen LogP contribution is 2.23. The van der Waals surface area contributed by atoms with Crippen molar-refractivity contribution in [1.29, 1.82) is 0 Å². The number of rotatable bonds is 6. The molecule has 164 valence electrons. The van der Waals surface area contributed by atoms with Gasteiger partial charge in [-0.1, -0.05) is 74.3 Å². The van der Waals surface area contributed by atoms with Crippen LogP contribution in [-0.4, -0.2) is 18.1 Å². The fraction of sp³-hybridized carbons (Fsp3) is 0.0385. The minimum Gasteiger partial charge on any atom is -0.422 e. The first-order valence-corrected chi connectivity index (χ1v) is 11.6. The van der Waals surface area contributed by atoms with Crippen molar-refractivity contribution in [3.05, 3.63) is 111 Å². The topological polar surface area (TPSA) is 67.8 Å². The molecule has 4 aromatic rings. The summed E-state index contributed by atoms with van der Waals surface area (Å²) in [5.74, 6) is -0.399. The second kappa shape index (κ2) is 10.6. The maximum atomic E-state index is 12.5. The molecule has 1 N–H and O–H groups in total. The van der Waals surface area contributed by atoms with Crippen molar-refractivity contribution in [2.24, 2.45) is 5.10 Å². The predicted octanol–water partition coefficient (Wildman–Crippen LogP) is 6.28. The molecule has 0 saturated heterocycles. The van der Waals surface area contributed by atoms with Crippen molar-refractivity contribution in [3.8, 4) is 5.75 Å². The van der Waals surface area contributed by atoms with Gasteiger partial charge in [-0.2, -0.15) is 5.10 Å². The molecule has 0 heterocycles. The lowest BCUT2D eigenvalue weighted by Crippen LogP contribution is -2.20. The van der Waals surface area contributed by atoms with Crippen molar-refractivity contribution in [2.75, 3.05) is 0 Å². The van der Waals surface area contributed by atoms with Crippen LogP contribution < -0.4 is 10.2 Å². The molecular formula is C26H18Br2N2O3. The van der Waals surface area contributed by atoms with Crippen LogP contribution in [0.5, 0.6) is 5.75 Å². The maximum Gasteiger partial charge on any atom is 0.343 e. The number of halogens is 2. The van der Waals surface area contributed by atoms with Gasteiger partial charge in [0, 0.05) is 14.5 Å². The molecule has 1 amide bonds. The summed E-state index contributed by atoms with van der Waals surface area (Å²) in [5.41, 5.74) is 4.44. The third kappa shape index (κ3) is 5.94. The summed E-state index contributed by atoms with van der Waals surface area (Å²) in [5, 5.41) is 6.18. The van der Waals surface area contributed by atoms with Crippen molar-refractivity contribution < 1.29 is 14.3 Å². The maximum absolute atomic E-state index is 12.5. The monoisotopic (exact) mass is 564 g/mol. The van der Waals surface area contributed by atoms with E-state index < -0.39 is 5.97 Å². The molecule has 0 aromatic heterocycles. The third-order valence-electron chi connectivity index (χ3n) is 4.88. The standard InChI is InChI=1S/C26H18Br2N2O3/c27-21-10-8-18(9-11-21)26(32)33-24-13-12-22(28)14-20(24)16-29-30-25(31)15-19-6-3-5-17-4-1-2-7-23(17)19/h1-14,16H,15H2,(H,30,31). The Balaban J connectivity index is 1.45. The van der Waals surface area contributed by atoms with E-state index >= 15 is 0 Å². The SMILES string of the molecule is O=C(Cc1cccc2ccccc12)NN=Cc1cc(Br)ccc1OC(=O)c1ccc(Br)cc1. The van der Waals surface area contributed by atoms with Gasteiger partial charge in [-0.3, -0.25) is 4.79 Å². The molecule has 7 heteroatoms. The van der Waals surface area contributed by atoms with Gasteiger partial charge in [0.25, 0.3) is 0 Å². The van der Waals surface area contributed by atoms with Gasteiger partial charge in [0.15, 0.2) is 0 Å². The van der Waals surface area contributed by atoms with Crippen LogP contribution in [0.2, 0.25) is 0 Å². The summed E-state index contributed by atoms with van der Waals surface area (Å²) in [7, 11) is 0. The zero-order chi connectivity index (χ0) is 23.2. The zero-order valence-corrected chi connectivity index (χ0v) is 20.5. The second-order valence-electron chi connectivity index (χ2n) is 7.19. The van der Waals surface area contributed by atoms with Crippen molar-refractivity contribution in [1.82, 2.24) is 5.43 Å². The first kappa shape index (κ1) is 22.9. The van der Waals surface area contributed by atoms with E-state index in [1.165, 1.54) is 6.21 Å². The summed E-state index contributed by atoms with van der Waals surface area (Å²) in [6.45, 7) is 0. The van der Waals surface area contributed by atoms with Crippen LogP contribution in [0.15, 0.2) is 99.0 Å². The number of hydrazone groups is 1. The van der Waals surface area contributed by atoms with E-state index in [2.05, 4.69) is 42.4 Å². The van der Waals surface area contributed by atoms with Crippen molar-refractivity contribution in [3.63, 3.8) is 0 Å². The number of benzene rings is 4. The highest BCUT2D eigenvalue weighted by molar-refractivity contribution is 9.10. The van der Waals surface area contributed by atoms with E-state index in [1.807, 2.05) is 42.5 Å². The van der Waals surface area contributed by atoms with Crippen LogP contribution in [0.25, 0.3) is 10.8 Å². The van der Waals surface area contributed by atoms with E-state index in [9.17, 15) is 9.59 Å². The molecule has 0 saturated carbocycles. The van der Waals surface area contributed by atoms with Crippen LogP contribution in [0, 0.1) is 0 Å². The van der Waals surface area contributed by atoms with E-state index in [1.54, 1.807) is 42.5 Å². The van der Waals surface area contributed by atoms with Crippen molar-refractivity contribution >= 4 is 60.7 Å². The lowest BCUT2D eigenvalue weighted by molar-refractivity contribution is -0.120. The normalized spacial score (nSPS) is 11.0. The van der Waals surface area contributed by atoms with Gasteiger partial charge in [0.2, 0.25) is 5.91 Å². The molecule has 0 unspecified atom stereocenters. The van der Waals surface area contributed by atoms with Crippen LogP contribution in [0.4, 0.5) is 0 Å². The first-order chi connectivity index (χ1) is 16.0. The Labute approximate surface area is 207 Å². The lowest BCUT2D eigenvalue weighted by Gasteiger charge is -2.08. The quantitative estimate of drug-likeness (QED) is 0.129. The minimum atomic E-state index is -0.487. The molecule has 0 aliphatic carbocycles. The molecule has 0 atom stereocenters. The molecule has 33 heavy (non-hydrogen) atoms. The fourth-order valence-electron chi connectivity index (χ4n) is 3.29. The molecule has 0 aliphatic heterocycles. The minimum absolute atomic E-state index is 0.197. The number of nitrogens with one attached hydrogen (secondary N) is 1. The average Bonchev–Trinajstić information content (AvgIpc) is 2.81. The summed E-state index contributed by atoms with van der Waals surface area (Å²) in [6, 6.07) is 25.9. The Morgan fingerprint density at radius 3 is 2.42 bits per heavy atom. The summed E-state index contributed by atoms with van der Waals surface area (Å²) in [4.78, 5) is 25.0. The molecule has 0 aliphatic rings. The van der Waals surface area contributed by atoms with Gasteiger partial charge in [-0.25, -0.2) is 10.2 Å². The van der Waals surface area contributed by atoms with E-state index in [4.69, 9.17) is 4.74 Å². The molecular weight excluding hydrogens is 548 g/mol. The van der Waals surface area contributed by atoms with Crippen LogP contribution >= 0.6 is 31.9 Å². The molecule has 5 nitrogen and oxygen atoms in total. The van der Waals surface area contributed by atoms with Gasteiger partial charge in [-0.05, 0) is 58.8 Å². The number of carbonyl (C=O) groups is 2. The van der Waals surface area contributed by atoms with Gasteiger partial charge < -0.3 is 4.74 Å². The second-order valence-corrected chi connectivity index (χ2v) is 9.02. The molecule has 4 aromatic carbocycles. The van der Waals surface area contributed by atoms with Crippen LogP contribution in [0.1, 0.15) is 21.5 Å². The molecule has 0 spiro atoms. The number of fused-ring (bicyclic) bond motifs is 1. The first-order valence-electron chi connectivity index (χ1n) is 10.1. The molecule has 0 radical (unpaired) electrons. The van der Waals surface area contributed by atoms with E-state index in [0.29, 0.717) is 16.9 Å². The molecule has 0 fully saturated rings. The van der Waals surface area contributed by atoms with Crippen LogP contribution in [0.3, 0.4) is 0 Å². The number of esters is 1. The Morgan fingerprint density at radius 2 is 1.61 bits per heavy atom. The average molecular weight is 566 g/mol. The number of amides is 1. The fourth-order valence-corrected chi connectivity index (χ4v) is 3.93. The van der Waals surface area contributed by atoms with Gasteiger partial charge in [0.05, 0.1) is 18.2 Å². The van der Waals surface area contributed by atoms with E-state index in [0.717, 1.165) is 25.3 Å². The Bertz CT molecular complexity index is 1350. The predicted molar refractivity (Wildman–Crippen MR) is 137 cm³/mol. The Hall–Kier alpha value is -3.29. The summed E-state index contributed by atoms with van der Waals surface area (Å²) in [6.07, 6.45) is 1.65. The van der Waals surface area contributed by atoms with Gasteiger partial charge in [-0.15, -0.1) is 0 Å². The summed E-state index contributed by atoms with van der Waals surface area (Å²) >= 11 is 6.75. The highest BCUT2D eigenvalue weighted by Gasteiger charge is 2.12. The van der Waals surface area contributed by atoms with Gasteiger partial charge >= 0.3 is 5.97 Å². The van der Waals surface area contributed by atoms with Gasteiger partial charge in [0.1, 0.15) is 5.75 Å². The van der Waals surface area contributed by atoms with E-state index in [-0.39, 0.29) is 12.3 Å². The third-order valence-corrected chi connectivity index (χ3v) is 5.90. The smallest absolute Gasteiger partial charge is 0.343 e. The highest BCUT2D eigenvalue weighted by atomic mass is 79.9. The number of hydrogen-bond donors (Lipinski definition) is 1. The number of nitrogens with zero attached hydrogens (tertiary/aromatic N) is 1. The Morgan fingerprint density at radius 1 is 0.879 bits per heavy atom. The number of carbonyl (C=O) groups excluding carboxylic acids is 2. The summed E-state index contributed by atoms with van der Waals surface area (Å²) < 4.78 is 7.21. The number of ether oxygens (including phenoxy) is 1. The lowest BCUT2D eigenvalue weighted by atomic mass is 10.0. The largest absolute Gasteiger partial charge is 0.422 e. The Kier molecular flexibility index (Phi) is 7.32.